The lowest BCUT2D eigenvalue weighted by atomic mass is 9.94. The fourth-order valence-electron chi connectivity index (χ4n) is 3.15. The summed E-state index contributed by atoms with van der Waals surface area (Å²) in [5.74, 6) is 1.44. The number of amides is 1. The van der Waals surface area contributed by atoms with Crippen LogP contribution in [-0.2, 0) is 19.1 Å². The normalized spacial score (nSPS) is 13.7. The maximum atomic E-state index is 11.9. The van der Waals surface area contributed by atoms with E-state index in [0.29, 0.717) is 5.75 Å². The van der Waals surface area contributed by atoms with Crippen LogP contribution in [-0.4, -0.2) is 54.0 Å². The van der Waals surface area contributed by atoms with Gasteiger partial charge in [-0.05, 0) is 31.6 Å². The Morgan fingerprint density at radius 3 is 2.32 bits per heavy atom. The summed E-state index contributed by atoms with van der Waals surface area (Å²) in [6.07, 6.45) is 9.58. The summed E-state index contributed by atoms with van der Waals surface area (Å²) in [6, 6.07) is -0.743. The summed E-state index contributed by atoms with van der Waals surface area (Å²) in [5, 5.41) is 11.3. The zero-order valence-corrected chi connectivity index (χ0v) is 20.9. The van der Waals surface area contributed by atoms with Crippen LogP contribution < -0.4 is 5.32 Å². The first kappa shape index (κ1) is 29.7. The number of methoxy groups -OCH3 is 1. The molecule has 1 amide bonds. The lowest BCUT2D eigenvalue weighted by Gasteiger charge is -2.16. The quantitative estimate of drug-likeness (QED) is 0.181. The molecule has 6 nitrogen and oxygen atoms in total. The molecule has 0 saturated heterocycles. The van der Waals surface area contributed by atoms with E-state index in [9.17, 15) is 14.4 Å². The molecule has 180 valence electrons. The molecule has 0 radical (unpaired) electrons. The van der Waals surface area contributed by atoms with E-state index in [-0.39, 0.29) is 12.8 Å². The number of allylic oxidation sites excluding steroid dienone is 1. The summed E-state index contributed by atoms with van der Waals surface area (Å²) >= 11 is 1.56. The maximum absolute atomic E-state index is 11.9. The highest BCUT2D eigenvalue weighted by atomic mass is 32.2. The Kier molecular flexibility index (Phi) is 17.5. The Balaban J connectivity index is 4.19. The average molecular weight is 458 g/mol. The molecule has 0 aliphatic heterocycles. The van der Waals surface area contributed by atoms with Gasteiger partial charge < -0.3 is 15.2 Å². The van der Waals surface area contributed by atoms with Gasteiger partial charge in [-0.25, -0.2) is 4.79 Å². The number of hydrogen-bond donors (Lipinski definition) is 2. The third kappa shape index (κ3) is 17.0. The number of hydrogen-bond acceptors (Lipinski definition) is 6. The molecule has 0 aliphatic carbocycles. The molecule has 0 heterocycles. The van der Waals surface area contributed by atoms with Crippen molar-refractivity contribution >= 4 is 29.4 Å². The molecule has 2 N–H and O–H groups in total. The highest BCUT2D eigenvalue weighted by Crippen LogP contribution is 2.19. The topological polar surface area (TPSA) is 92.7 Å². The van der Waals surface area contributed by atoms with Crippen molar-refractivity contribution in [2.24, 2.45) is 11.8 Å². The molecule has 0 bridgehead atoms. The van der Waals surface area contributed by atoms with Crippen molar-refractivity contribution in [2.75, 3.05) is 25.2 Å². The third-order valence-electron chi connectivity index (χ3n) is 5.21. The van der Waals surface area contributed by atoms with Crippen molar-refractivity contribution in [2.45, 2.75) is 85.1 Å². The predicted molar refractivity (Wildman–Crippen MR) is 128 cm³/mol. The molecule has 2 unspecified atom stereocenters. The Morgan fingerprint density at radius 2 is 1.71 bits per heavy atom. The van der Waals surface area contributed by atoms with Gasteiger partial charge in [0.05, 0.1) is 7.11 Å². The number of esters is 1. The van der Waals surface area contributed by atoms with Gasteiger partial charge in [0.2, 0.25) is 5.91 Å². The molecule has 0 spiro atoms. The van der Waals surface area contributed by atoms with E-state index in [4.69, 9.17) is 9.84 Å². The molecular weight excluding hydrogens is 414 g/mol. The second-order valence-corrected chi connectivity index (χ2v) is 9.83. The van der Waals surface area contributed by atoms with Crippen molar-refractivity contribution in [3.8, 4) is 0 Å². The fourth-order valence-corrected chi connectivity index (χ4v) is 4.14. The van der Waals surface area contributed by atoms with E-state index in [2.05, 4.69) is 39.1 Å². The Bertz CT molecular complexity index is 562. The molecule has 31 heavy (non-hydrogen) atoms. The zero-order valence-electron chi connectivity index (χ0n) is 20.1. The van der Waals surface area contributed by atoms with Gasteiger partial charge in [-0.15, -0.1) is 0 Å². The van der Waals surface area contributed by atoms with Gasteiger partial charge in [-0.2, -0.15) is 11.8 Å². The van der Waals surface area contributed by atoms with Crippen LogP contribution in [0, 0.1) is 11.8 Å². The van der Waals surface area contributed by atoms with E-state index in [1.54, 1.807) is 11.8 Å². The largest absolute Gasteiger partial charge is 0.467 e. The Labute approximate surface area is 193 Å². The van der Waals surface area contributed by atoms with E-state index in [1.807, 2.05) is 0 Å². The lowest BCUT2D eigenvalue weighted by Crippen LogP contribution is -2.43. The highest BCUT2D eigenvalue weighted by Gasteiger charge is 2.21. The molecule has 2 atom stereocenters. The average Bonchev–Trinajstić information content (AvgIpc) is 2.73. The molecule has 0 saturated carbocycles. The van der Waals surface area contributed by atoms with Crippen LogP contribution >= 0.6 is 11.8 Å². The molecular formula is C24H43NO5S. The molecule has 0 rings (SSSR count). The highest BCUT2D eigenvalue weighted by molar-refractivity contribution is 7.99. The van der Waals surface area contributed by atoms with Crippen LogP contribution in [0.5, 0.6) is 0 Å². The van der Waals surface area contributed by atoms with Crippen LogP contribution in [0.3, 0.4) is 0 Å². The number of ketones is 1. The van der Waals surface area contributed by atoms with Crippen molar-refractivity contribution in [1.29, 1.82) is 0 Å². The first-order valence-corrected chi connectivity index (χ1v) is 12.6. The second-order valence-electron chi connectivity index (χ2n) is 8.75. The minimum Gasteiger partial charge on any atom is -0.467 e. The third-order valence-corrected chi connectivity index (χ3v) is 6.18. The predicted octanol–water partition coefficient (Wildman–Crippen LogP) is 4.30. The molecule has 0 aromatic rings. The molecule has 0 fully saturated rings. The Morgan fingerprint density at radius 1 is 1.03 bits per heavy atom. The van der Waals surface area contributed by atoms with Crippen molar-refractivity contribution < 1.29 is 24.2 Å². The van der Waals surface area contributed by atoms with Crippen LogP contribution in [0.15, 0.2) is 11.6 Å². The van der Waals surface area contributed by atoms with Crippen LogP contribution in [0.2, 0.25) is 0 Å². The molecule has 7 heteroatoms. The number of rotatable bonds is 18. The standard InChI is InChI=1S/C24H43NO5S/c1-18(2)8-6-9-19(3)10-7-11-20(4)14-15-31-17-22(24(29)30-5)25-23(28)13-12-21(27)16-26/h14,18-19,22,26H,6-13,15-17H2,1-5H3,(H,25,28)/b20-14+. The minimum absolute atomic E-state index is 0.0400. The second kappa shape index (κ2) is 18.3. The van der Waals surface area contributed by atoms with Crippen LogP contribution in [0.1, 0.15) is 79.1 Å². The van der Waals surface area contributed by atoms with Crippen LogP contribution in [0.4, 0.5) is 0 Å². The number of thioether (sulfide) groups is 1. The van der Waals surface area contributed by atoms with E-state index >= 15 is 0 Å². The smallest absolute Gasteiger partial charge is 0.329 e. The van der Waals surface area contributed by atoms with Gasteiger partial charge >= 0.3 is 5.97 Å². The number of carbonyl (C=O) groups is 3. The van der Waals surface area contributed by atoms with Gasteiger partial charge in [0.15, 0.2) is 5.78 Å². The van der Waals surface area contributed by atoms with Gasteiger partial charge in [0, 0.05) is 24.3 Å². The number of Topliss-reactive ketones (excluding diaryl/α,β-unsaturated/α-hetero) is 1. The van der Waals surface area contributed by atoms with Crippen LogP contribution in [0.25, 0.3) is 0 Å². The summed E-state index contributed by atoms with van der Waals surface area (Å²) in [4.78, 5) is 35.0. The number of aliphatic hydroxyl groups excluding tert-OH is 1. The zero-order chi connectivity index (χ0) is 23.6. The number of ether oxygens (including phenoxy) is 1. The monoisotopic (exact) mass is 457 g/mol. The molecule has 0 aliphatic rings. The van der Waals surface area contributed by atoms with E-state index < -0.39 is 30.3 Å². The van der Waals surface area contributed by atoms with Gasteiger partial charge in [-0.1, -0.05) is 58.1 Å². The van der Waals surface area contributed by atoms with Gasteiger partial charge in [-0.3, -0.25) is 9.59 Å². The summed E-state index contributed by atoms with van der Waals surface area (Å²) < 4.78 is 4.77. The number of carbonyl (C=O) groups excluding carboxylic acids is 3. The van der Waals surface area contributed by atoms with Crippen molar-refractivity contribution in [3.63, 3.8) is 0 Å². The van der Waals surface area contributed by atoms with Crippen molar-refractivity contribution in [1.82, 2.24) is 5.32 Å². The molecule has 0 aromatic carbocycles. The minimum atomic E-state index is -0.743. The van der Waals surface area contributed by atoms with E-state index in [0.717, 1.165) is 24.0 Å². The summed E-state index contributed by atoms with van der Waals surface area (Å²) in [5.41, 5.74) is 1.35. The Hall–Kier alpha value is -1.34. The fraction of sp³-hybridized carbons (Fsp3) is 0.792. The van der Waals surface area contributed by atoms with Crippen molar-refractivity contribution in [3.05, 3.63) is 11.6 Å². The molecule has 0 aromatic heterocycles. The number of nitrogens with one attached hydrogen (secondary N) is 1. The van der Waals surface area contributed by atoms with E-state index in [1.165, 1.54) is 44.8 Å². The van der Waals surface area contributed by atoms with Gasteiger partial charge in [0.1, 0.15) is 12.6 Å². The maximum Gasteiger partial charge on any atom is 0.329 e. The summed E-state index contributed by atoms with van der Waals surface area (Å²) in [6.45, 7) is 8.46. The lowest BCUT2D eigenvalue weighted by molar-refractivity contribution is -0.144. The first-order valence-electron chi connectivity index (χ1n) is 11.4. The summed E-state index contributed by atoms with van der Waals surface area (Å²) in [7, 11) is 1.29. The van der Waals surface area contributed by atoms with Gasteiger partial charge in [0.25, 0.3) is 0 Å². The first-order chi connectivity index (χ1) is 14.7. The SMILES string of the molecule is COC(=O)C(CSC/C=C(\C)CCCC(C)CCCC(C)C)NC(=O)CCC(=O)CO. The number of aliphatic hydroxyl groups is 1.